The van der Waals surface area contributed by atoms with Crippen LogP contribution in [0.15, 0.2) is 18.3 Å². The van der Waals surface area contributed by atoms with Crippen LogP contribution in [-0.4, -0.2) is 16.5 Å². The van der Waals surface area contributed by atoms with Crippen molar-refractivity contribution in [2.24, 2.45) is 0 Å². The molecule has 0 spiro atoms. The fourth-order valence-corrected chi connectivity index (χ4v) is 3.61. The maximum atomic E-state index is 5.99. The van der Waals surface area contributed by atoms with E-state index in [2.05, 4.69) is 17.2 Å². The van der Waals surface area contributed by atoms with Crippen molar-refractivity contribution in [3.8, 4) is 10.7 Å². The van der Waals surface area contributed by atoms with Gasteiger partial charge in [-0.25, -0.2) is 9.97 Å². The molecule has 3 nitrogen and oxygen atoms in total. The van der Waals surface area contributed by atoms with Gasteiger partial charge in [0, 0.05) is 23.5 Å². The van der Waals surface area contributed by atoms with Crippen molar-refractivity contribution in [1.29, 1.82) is 0 Å². The van der Waals surface area contributed by atoms with Gasteiger partial charge in [-0.3, -0.25) is 0 Å². The summed E-state index contributed by atoms with van der Waals surface area (Å²) in [6.07, 6.45) is 6.57. The van der Waals surface area contributed by atoms with Crippen LogP contribution in [0.4, 0.5) is 0 Å². The molecule has 0 saturated carbocycles. The smallest absolute Gasteiger partial charge is 0.169 e. The molecule has 5 heteroatoms. The fourth-order valence-electron chi connectivity index (χ4n) is 2.63. The third-order valence-electron chi connectivity index (χ3n) is 3.62. The molecule has 1 unspecified atom stereocenters. The molecule has 0 fully saturated rings. The van der Waals surface area contributed by atoms with E-state index in [0.717, 1.165) is 34.4 Å². The number of thiophene rings is 1. The molecule has 0 bridgehead atoms. The van der Waals surface area contributed by atoms with E-state index in [1.54, 1.807) is 0 Å². The Bertz CT molecular complexity index is 597. The summed E-state index contributed by atoms with van der Waals surface area (Å²) >= 11 is 7.52. The van der Waals surface area contributed by atoms with Gasteiger partial charge in [-0.1, -0.05) is 18.5 Å². The number of nitrogens with zero attached hydrogens (tertiary/aromatic N) is 2. The third-order valence-corrected chi connectivity index (χ3v) is 4.84. The molecule has 0 radical (unpaired) electrons. The molecule has 3 rings (SSSR count). The summed E-state index contributed by atoms with van der Waals surface area (Å²) in [6, 6.07) is 4.31. The Morgan fingerprint density at radius 1 is 1.45 bits per heavy atom. The van der Waals surface area contributed by atoms with Gasteiger partial charge in [0.05, 0.1) is 9.21 Å². The highest BCUT2D eigenvalue weighted by molar-refractivity contribution is 7.19. The summed E-state index contributed by atoms with van der Waals surface area (Å²) in [4.78, 5) is 10.3. The lowest BCUT2D eigenvalue weighted by Crippen LogP contribution is -2.26. The van der Waals surface area contributed by atoms with E-state index in [1.807, 2.05) is 18.3 Å². The lowest BCUT2D eigenvalue weighted by molar-refractivity contribution is 0.454. The first kappa shape index (κ1) is 14.0. The van der Waals surface area contributed by atoms with Gasteiger partial charge in [0.1, 0.15) is 0 Å². The van der Waals surface area contributed by atoms with Gasteiger partial charge in [0.25, 0.3) is 0 Å². The van der Waals surface area contributed by atoms with E-state index >= 15 is 0 Å². The summed E-state index contributed by atoms with van der Waals surface area (Å²) in [5.41, 5.74) is 2.47. The molecule has 0 aliphatic heterocycles. The number of fused-ring (bicyclic) bond motifs is 1. The number of hydrogen-bond donors (Lipinski definition) is 1. The van der Waals surface area contributed by atoms with Crippen molar-refractivity contribution in [2.45, 2.75) is 38.6 Å². The van der Waals surface area contributed by atoms with Crippen LogP contribution in [0.5, 0.6) is 0 Å². The zero-order valence-corrected chi connectivity index (χ0v) is 13.1. The fraction of sp³-hybridized carbons (Fsp3) is 0.467. The standard InChI is InChI=1S/C15H18ClN3S/c1-2-8-17-11-4-3-5-12-10(11)9-18-15(19-12)13-6-7-14(16)20-13/h6-7,9,11,17H,2-5,8H2,1H3. The summed E-state index contributed by atoms with van der Waals surface area (Å²) in [5, 5.41) is 3.59. The Morgan fingerprint density at radius 2 is 2.35 bits per heavy atom. The molecule has 2 aromatic heterocycles. The van der Waals surface area contributed by atoms with Crippen molar-refractivity contribution in [3.05, 3.63) is 33.9 Å². The topological polar surface area (TPSA) is 37.8 Å². The minimum Gasteiger partial charge on any atom is -0.310 e. The number of hydrogen-bond acceptors (Lipinski definition) is 4. The quantitative estimate of drug-likeness (QED) is 0.918. The average molecular weight is 308 g/mol. The summed E-state index contributed by atoms with van der Waals surface area (Å²) < 4.78 is 0.781. The van der Waals surface area contributed by atoms with Crippen LogP contribution < -0.4 is 5.32 Å². The van der Waals surface area contributed by atoms with E-state index in [0.29, 0.717) is 6.04 Å². The maximum absolute atomic E-state index is 5.99. The Kier molecular flexibility index (Phi) is 4.34. The first-order valence-corrected chi connectivity index (χ1v) is 8.32. The van der Waals surface area contributed by atoms with Crippen molar-refractivity contribution in [3.63, 3.8) is 0 Å². The predicted octanol–water partition coefficient (Wildman–Crippen LogP) is 4.24. The lowest BCUT2D eigenvalue weighted by Gasteiger charge is -2.25. The SMILES string of the molecule is CCCNC1CCCc2nc(-c3ccc(Cl)s3)ncc21. The van der Waals surface area contributed by atoms with Gasteiger partial charge in [-0.2, -0.15) is 0 Å². The maximum Gasteiger partial charge on any atom is 0.169 e. The predicted molar refractivity (Wildman–Crippen MR) is 84.3 cm³/mol. The summed E-state index contributed by atoms with van der Waals surface area (Å²) in [7, 11) is 0. The second kappa shape index (κ2) is 6.20. The molecule has 1 aliphatic carbocycles. The Labute approximate surface area is 128 Å². The first-order valence-electron chi connectivity index (χ1n) is 7.13. The Balaban J connectivity index is 1.88. The molecule has 0 aromatic carbocycles. The first-order chi connectivity index (χ1) is 9.78. The second-order valence-electron chi connectivity index (χ2n) is 5.10. The van der Waals surface area contributed by atoms with Crippen molar-refractivity contribution in [2.75, 3.05) is 6.54 Å². The van der Waals surface area contributed by atoms with Crippen LogP contribution >= 0.6 is 22.9 Å². The van der Waals surface area contributed by atoms with Crippen LogP contribution in [0.2, 0.25) is 4.34 Å². The molecular formula is C15H18ClN3S. The normalized spacial score (nSPS) is 18.0. The van der Waals surface area contributed by atoms with Crippen molar-refractivity contribution < 1.29 is 0 Å². The Morgan fingerprint density at radius 3 is 3.10 bits per heavy atom. The molecule has 106 valence electrons. The Hall–Kier alpha value is -0.970. The number of aromatic nitrogens is 2. The molecule has 0 saturated heterocycles. The molecule has 2 aromatic rings. The monoisotopic (exact) mass is 307 g/mol. The second-order valence-corrected chi connectivity index (χ2v) is 6.81. The van der Waals surface area contributed by atoms with Crippen LogP contribution in [0.25, 0.3) is 10.7 Å². The largest absolute Gasteiger partial charge is 0.310 e. The minimum atomic E-state index is 0.416. The van der Waals surface area contributed by atoms with Crippen LogP contribution in [0.1, 0.15) is 43.5 Å². The zero-order chi connectivity index (χ0) is 13.9. The van der Waals surface area contributed by atoms with Crippen LogP contribution in [-0.2, 0) is 6.42 Å². The summed E-state index contributed by atoms with van der Waals surface area (Å²) in [5.74, 6) is 0.803. The van der Waals surface area contributed by atoms with Gasteiger partial charge in [0.15, 0.2) is 5.82 Å². The van der Waals surface area contributed by atoms with E-state index in [9.17, 15) is 0 Å². The van der Waals surface area contributed by atoms with Crippen LogP contribution in [0, 0.1) is 0 Å². The number of rotatable bonds is 4. The minimum absolute atomic E-state index is 0.416. The highest BCUT2D eigenvalue weighted by atomic mass is 35.5. The van der Waals surface area contributed by atoms with Crippen molar-refractivity contribution >= 4 is 22.9 Å². The van der Waals surface area contributed by atoms with Gasteiger partial charge >= 0.3 is 0 Å². The molecule has 20 heavy (non-hydrogen) atoms. The molecular weight excluding hydrogens is 290 g/mol. The van der Waals surface area contributed by atoms with Crippen molar-refractivity contribution in [1.82, 2.24) is 15.3 Å². The highest BCUT2D eigenvalue weighted by Crippen LogP contribution is 2.32. The van der Waals surface area contributed by atoms with E-state index < -0.39 is 0 Å². The molecule has 1 atom stereocenters. The lowest BCUT2D eigenvalue weighted by atomic mass is 9.92. The van der Waals surface area contributed by atoms with Gasteiger partial charge < -0.3 is 5.32 Å². The van der Waals surface area contributed by atoms with Crippen LogP contribution in [0.3, 0.4) is 0 Å². The zero-order valence-electron chi connectivity index (χ0n) is 11.5. The highest BCUT2D eigenvalue weighted by Gasteiger charge is 2.22. The number of aryl methyl sites for hydroxylation is 1. The summed E-state index contributed by atoms with van der Waals surface area (Å²) in [6.45, 7) is 3.24. The number of nitrogens with one attached hydrogen (secondary N) is 1. The van der Waals surface area contributed by atoms with Gasteiger partial charge in [-0.05, 0) is 44.4 Å². The van der Waals surface area contributed by atoms with E-state index in [1.165, 1.54) is 35.4 Å². The van der Waals surface area contributed by atoms with Gasteiger partial charge in [-0.15, -0.1) is 11.3 Å². The molecule has 1 aliphatic rings. The van der Waals surface area contributed by atoms with Gasteiger partial charge in [0.2, 0.25) is 0 Å². The molecule has 1 N–H and O–H groups in total. The molecule has 2 heterocycles. The van der Waals surface area contributed by atoms with E-state index in [4.69, 9.17) is 16.6 Å². The molecule has 0 amide bonds. The number of halogens is 1. The average Bonchev–Trinajstić information content (AvgIpc) is 2.91. The van der Waals surface area contributed by atoms with E-state index in [-0.39, 0.29) is 0 Å². The third kappa shape index (κ3) is 2.87.